The smallest absolute Gasteiger partial charge is 0.188 e. The number of aromatic nitrogens is 3. The summed E-state index contributed by atoms with van der Waals surface area (Å²) < 4.78 is 6.85. The lowest BCUT2D eigenvalue weighted by atomic mass is 10.3. The molecule has 0 unspecified atom stereocenters. The predicted molar refractivity (Wildman–Crippen MR) is 81.3 cm³/mol. The molecular formula is C14H20N6O. The first-order valence-electron chi connectivity index (χ1n) is 6.68. The molecule has 2 aromatic rings. The summed E-state index contributed by atoms with van der Waals surface area (Å²) in [6.07, 6.45) is 5.43. The summed E-state index contributed by atoms with van der Waals surface area (Å²) in [5.74, 6) is 2.14. The van der Waals surface area contributed by atoms with Gasteiger partial charge in [-0.15, -0.1) is 0 Å². The summed E-state index contributed by atoms with van der Waals surface area (Å²) in [6, 6.07) is 3.92. The van der Waals surface area contributed by atoms with E-state index in [4.69, 9.17) is 10.5 Å². The van der Waals surface area contributed by atoms with Gasteiger partial charge in [-0.2, -0.15) is 0 Å². The number of pyridine rings is 1. The van der Waals surface area contributed by atoms with E-state index < -0.39 is 0 Å². The average molecular weight is 288 g/mol. The Hall–Kier alpha value is -2.41. The molecule has 3 N–H and O–H groups in total. The Bertz CT molecular complexity index is 590. The lowest BCUT2D eigenvalue weighted by molar-refractivity contribution is 0.204. The van der Waals surface area contributed by atoms with Gasteiger partial charge < -0.3 is 15.8 Å². The first-order valence-corrected chi connectivity index (χ1v) is 6.68. The third kappa shape index (κ3) is 4.28. The summed E-state index contributed by atoms with van der Waals surface area (Å²) >= 11 is 0. The van der Waals surface area contributed by atoms with Crippen molar-refractivity contribution in [1.29, 1.82) is 0 Å². The topological polar surface area (TPSA) is 90.3 Å². The molecule has 112 valence electrons. The molecule has 0 atom stereocenters. The van der Waals surface area contributed by atoms with Crippen molar-refractivity contribution in [2.24, 2.45) is 10.7 Å². The van der Waals surface area contributed by atoms with E-state index in [2.05, 4.69) is 20.3 Å². The van der Waals surface area contributed by atoms with Gasteiger partial charge in [0.2, 0.25) is 0 Å². The van der Waals surface area contributed by atoms with Gasteiger partial charge in [0, 0.05) is 32.2 Å². The van der Waals surface area contributed by atoms with Crippen LogP contribution in [-0.4, -0.2) is 40.8 Å². The molecular weight excluding hydrogens is 268 g/mol. The van der Waals surface area contributed by atoms with Crippen molar-refractivity contribution >= 4 is 5.96 Å². The molecule has 2 aromatic heterocycles. The van der Waals surface area contributed by atoms with Crippen LogP contribution < -0.4 is 11.1 Å². The van der Waals surface area contributed by atoms with Crippen molar-refractivity contribution in [3.63, 3.8) is 0 Å². The molecule has 0 radical (unpaired) electrons. The highest BCUT2D eigenvalue weighted by atomic mass is 16.5. The monoisotopic (exact) mass is 288 g/mol. The molecule has 2 rings (SSSR count). The van der Waals surface area contributed by atoms with E-state index in [0.717, 1.165) is 17.2 Å². The van der Waals surface area contributed by atoms with Gasteiger partial charge in [-0.05, 0) is 18.6 Å². The molecule has 7 nitrogen and oxygen atoms in total. The van der Waals surface area contributed by atoms with Gasteiger partial charge in [0.15, 0.2) is 5.96 Å². The molecule has 0 bridgehead atoms. The first kappa shape index (κ1) is 15.0. The quantitative estimate of drug-likeness (QED) is 0.462. The minimum atomic E-state index is 0.404. The van der Waals surface area contributed by atoms with E-state index in [1.807, 2.05) is 29.8 Å². The third-order valence-corrected chi connectivity index (χ3v) is 2.93. The molecule has 2 heterocycles. The van der Waals surface area contributed by atoms with Crippen LogP contribution in [0.1, 0.15) is 11.4 Å². The van der Waals surface area contributed by atoms with Crippen molar-refractivity contribution in [1.82, 2.24) is 19.9 Å². The summed E-state index contributed by atoms with van der Waals surface area (Å²) in [4.78, 5) is 12.8. The molecule has 0 saturated heterocycles. The van der Waals surface area contributed by atoms with E-state index >= 15 is 0 Å². The number of ether oxygens (including phenoxy) is 1. The van der Waals surface area contributed by atoms with Crippen LogP contribution in [-0.2, 0) is 11.3 Å². The van der Waals surface area contributed by atoms with Crippen LogP contribution in [0.5, 0.6) is 0 Å². The lowest BCUT2D eigenvalue weighted by Gasteiger charge is -2.06. The molecule has 7 heteroatoms. The average Bonchev–Trinajstić information content (AvgIpc) is 2.92. The molecule has 0 saturated carbocycles. The summed E-state index contributed by atoms with van der Waals surface area (Å²) in [5.41, 5.74) is 6.73. The number of rotatable bonds is 6. The number of methoxy groups -OCH3 is 1. The minimum absolute atomic E-state index is 0.404. The second kappa shape index (κ2) is 7.39. The zero-order valence-electron chi connectivity index (χ0n) is 12.3. The zero-order valence-corrected chi connectivity index (χ0v) is 12.3. The SMILES string of the molecule is COCCNC(N)=NCc1ccc(-n2ccnc2C)nc1. The maximum absolute atomic E-state index is 5.74. The number of aryl methyl sites for hydroxylation is 1. The Kier molecular flexibility index (Phi) is 5.28. The summed E-state index contributed by atoms with van der Waals surface area (Å²) in [6.45, 7) is 3.66. The Balaban J connectivity index is 1.94. The van der Waals surface area contributed by atoms with E-state index in [1.165, 1.54) is 0 Å². The summed E-state index contributed by atoms with van der Waals surface area (Å²) in [5, 5.41) is 2.96. The zero-order chi connectivity index (χ0) is 15.1. The Labute approximate surface area is 123 Å². The van der Waals surface area contributed by atoms with Crippen LogP contribution in [0.15, 0.2) is 35.7 Å². The van der Waals surface area contributed by atoms with Crippen molar-refractivity contribution in [3.8, 4) is 5.82 Å². The van der Waals surface area contributed by atoms with Crippen LogP contribution >= 0.6 is 0 Å². The normalized spacial score (nSPS) is 11.6. The predicted octanol–water partition coefficient (Wildman–Crippen LogP) is 0.626. The van der Waals surface area contributed by atoms with Crippen molar-refractivity contribution < 1.29 is 4.74 Å². The number of guanidine groups is 1. The number of nitrogens with zero attached hydrogens (tertiary/aromatic N) is 4. The van der Waals surface area contributed by atoms with Gasteiger partial charge in [0.05, 0.1) is 13.2 Å². The lowest BCUT2D eigenvalue weighted by Crippen LogP contribution is -2.34. The molecule has 0 aromatic carbocycles. The molecule has 0 fully saturated rings. The van der Waals surface area contributed by atoms with Gasteiger partial charge in [-0.3, -0.25) is 4.57 Å². The Morgan fingerprint density at radius 2 is 2.29 bits per heavy atom. The highest BCUT2D eigenvalue weighted by Crippen LogP contribution is 2.08. The number of nitrogens with one attached hydrogen (secondary N) is 1. The van der Waals surface area contributed by atoms with Gasteiger partial charge in [0.25, 0.3) is 0 Å². The van der Waals surface area contributed by atoms with E-state index in [9.17, 15) is 0 Å². The number of aliphatic imine (C=N–C) groups is 1. The minimum Gasteiger partial charge on any atom is -0.383 e. The van der Waals surface area contributed by atoms with E-state index in [0.29, 0.717) is 25.7 Å². The second-order valence-corrected chi connectivity index (χ2v) is 4.49. The van der Waals surface area contributed by atoms with E-state index in [1.54, 1.807) is 19.5 Å². The van der Waals surface area contributed by atoms with Gasteiger partial charge in [-0.25, -0.2) is 15.0 Å². The summed E-state index contributed by atoms with van der Waals surface area (Å²) in [7, 11) is 1.64. The van der Waals surface area contributed by atoms with Crippen LogP contribution in [0.4, 0.5) is 0 Å². The fourth-order valence-electron chi connectivity index (χ4n) is 1.79. The van der Waals surface area contributed by atoms with Crippen molar-refractivity contribution in [3.05, 3.63) is 42.1 Å². The van der Waals surface area contributed by atoms with Crippen LogP contribution in [0.2, 0.25) is 0 Å². The van der Waals surface area contributed by atoms with Crippen LogP contribution in [0, 0.1) is 6.92 Å². The van der Waals surface area contributed by atoms with Crippen molar-refractivity contribution in [2.45, 2.75) is 13.5 Å². The number of imidazole rings is 1. The van der Waals surface area contributed by atoms with Gasteiger partial charge in [-0.1, -0.05) is 6.07 Å². The molecule has 0 aliphatic carbocycles. The molecule has 0 spiro atoms. The fraction of sp³-hybridized carbons (Fsp3) is 0.357. The fourth-order valence-corrected chi connectivity index (χ4v) is 1.79. The molecule has 0 amide bonds. The Morgan fingerprint density at radius 3 is 2.90 bits per heavy atom. The molecule has 0 aliphatic rings. The van der Waals surface area contributed by atoms with E-state index in [-0.39, 0.29) is 0 Å². The van der Waals surface area contributed by atoms with Crippen molar-refractivity contribution in [2.75, 3.05) is 20.3 Å². The second-order valence-electron chi connectivity index (χ2n) is 4.49. The number of nitrogens with two attached hydrogens (primary N) is 1. The first-order chi connectivity index (χ1) is 10.2. The molecule has 21 heavy (non-hydrogen) atoms. The van der Waals surface area contributed by atoms with Gasteiger partial charge >= 0.3 is 0 Å². The maximum Gasteiger partial charge on any atom is 0.188 e. The standard InChI is InChI=1S/C14H20N6O/c1-11-16-5-7-20(11)13-4-3-12(9-18-13)10-19-14(15)17-6-8-21-2/h3-5,7,9H,6,8,10H2,1-2H3,(H3,15,17,19). The highest BCUT2D eigenvalue weighted by Gasteiger charge is 2.01. The largest absolute Gasteiger partial charge is 0.383 e. The van der Waals surface area contributed by atoms with Crippen LogP contribution in [0.3, 0.4) is 0 Å². The van der Waals surface area contributed by atoms with Gasteiger partial charge in [0.1, 0.15) is 11.6 Å². The van der Waals surface area contributed by atoms with Crippen LogP contribution in [0.25, 0.3) is 5.82 Å². The third-order valence-electron chi connectivity index (χ3n) is 2.93. The maximum atomic E-state index is 5.74. The highest BCUT2D eigenvalue weighted by molar-refractivity contribution is 5.77. The number of hydrogen-bond donors (Lipinski definition) is 2. The molecule has 0 aliphatic heterocycles. The Morgan fingerprint density at radius 1 is 1.43 bits per heavy atom. The number of hydrogen-bond acceptors (Lipinski definition) is 4.